The molecule has 0 radical (unpaired) electrons. The first-order valence-electron chi connectivity index (χ1n) is 9.48. The predicted octanol–water partition coefficient (Wildman–Crippen LogP) is 0.904. The van der Waals surface area contributed by atoms with Crippen molar-refractivity contribution in [3.63, 3.8) is 0 Å². The first kappa shape index (κ1) is 20.2. The van der Waals surface area contributed by atoms with Crippen molar-refractivity contribution in [2.75, 3.05) is 40.4 Å². The van der Waals surface area contributed by atoms with Crippen LogP contribution >= 0.6 is 0 Å². The van der Waals surface area contributed by atoms with Crippen LogP contribution in [0.3, 0.4) is 0 Å². The van der Waals surface area contributed by atoms with Crippen LogP contribution in [0.1, 0.15) is 19.8 Å². The molecule has 3 rings (SSSR count). The Morgan fingerprint density at radius 2 is 2.04 bits per heavy atom. The number of amides is 1. The molecule has 0 aliphatic carbocycles. The number of nitrogens with one attached hydrogen (secondary N) is 1. The van der Waals surface area contributed by atoms with Gasteiger partial charge >= 0.3 is 0 Å². The molecule has 9 nitrogen and oxygen atoms in total. The van der Waals surface area contributed by atoms with E-state index >= 15 is 0 Å². The van der Waals surface area contributed by atoms with E-state index in [4.69, 9.17) is 9.47 Å². The molecule has 1 saturated heterocycles. The number of ether oxygens (including phenoxy) is 2. The molecule has 1 amide bonds. The molecule has 1 aliphatic rings. The maximum Gasteiger partial charge on any atom is 0.260 e. The Kier molecular flexibility index (Phi) is 6.58. The summed E-state index contributed by atoms with van der Waals surface area (Å²) < 4.78 is 12.9. The van der Waals surface area contributed by atoms with Crippen LogP contribution in [0.25, 0.3) is 5.69 Å². The van der Waals surface area contributed by atoms with Gasteiger partial charge in [-0.15, -0.1) is 5.10 Å². The maximum atomic E-state index is 12.6. The minimum Gasteiger partial charge on any atom is -0.481 e. The van der Waals surface area contributed by atoms with Crippen LogP contribution in [0.15, 0.2) is 30.6 Å². The third kappa shape index (κ3) is 5.26. The van der Waals surface area contributed by atoms with Crippen molar-refractivity contribution in [2.45, 2.75) is 25.9 Å². The lowest BCUT2D eigenvalue weighted by molar-refractivity contribution is -0.128. The summed E-state index contributed by atoms with van der Waals surface area (Å²) in [6, 6.07) is 7.27. The molecular weight excluding hydrogens is 360 g/mol. The zero-order valence-electron chi connectivity index (χ0n) is 16.7. The molecule has 0 bridgehead atoms. The molecule has 1 aromatic carbocycles. The van der Waals surface area contributed by atoms with E-state index in [-0.39, 0.29) is 11.3 Å². The van der Waals surface area contributed by atoms with Gasteiger partial charge in [0.05, 0.1) is 5.69 Å². The van der Waals surface area contributed by atoms with Crippen molar-refractivity contribution in [3.8, 4) is 11.4 Å². The van der Waals surface area contributed by atoms with E-state index in [0.717, 1.165) is 38.3 Å². The molecule has 152 valence electrons. The second kappa shape index (κ2) is 9.11. The number of nitrogens with zero attached hydrogens (tertiary/aromatic N) is 5. The van der Waals surface area contributed by atoms with Gasteiger partial charge in [0.15, 0.2) is 6.10 Å². The summed E-state index contributed by atoms with van der Waals surface area (Å²) in [6.07, 6.45) is 2.82. The van der Waals surface area contributed by atoms with Gasteiger partial charge in [-0.05, 0) is 68.6 Å². The highest BCUT2D eigenvalue weighted by Crippen LogP contribution is 2.30. The van der Waals surface area contributed by atoms with Crippen molar-refractivity contribution >= 4 is 5.91 Å². The van der Waals surface area contributed by atoms with Crippen molar-refractivity contribution in [1.82, 2.24) is 30.4 Å². The van der Waals surface area contributed by atoms with Crippen LogP contribution in [-0.2, 0) is 9.53 Å². The highest BCUT2D eigenvalue weighted by atomic mass is 16.5. The Morgan fingerprint density at radius 1 is 1.32 bits per heavy atom. The van der Waals surface area contributed by atoms with Gasteiger partial charge in [0.2, 0.25) is 0 Å². The van der Waals surface area contributed by atoms with Gasteiger partial charge in [-0.3, -0.25) is 4.79 Å². The fourth-order valence-electron chi connectivity index (χ4n) is 3.50. The van der Waals surface area contributed by atoms with Gasteiger partial charge in [0.25, 0.3) is 5.91 Å². The van der Waals surface area contributed by atoms with Gasteiger partial charge in [0.1, 0.15) is 12.1 Å². The summed E-state index contributed by atoms with van der Waals surface area (Å²) in [5, 5.41) is 14.1. The molecule has 1 N–H and O–H groups in total. The molecule has 1 aliphatic heterocycles. The van der Waals surface area contributed by atoms with E-state index in [0.29, 0.717) is 12.3 Å². The van der Waals surface area contributed by atoms with E-state index in [1.807, 2.05) is 12.1 Å². The van der Waals surface area contributed by atoms with Gasteiger partial charge in [-0.1, -0.05) is 0 Å². The topological polar surface area (TPSA) is 94.4 Å². The molecular formula is C19H28N6O3. The summed E-state index contributed by atoms with van der Waals surface area (Å²) in [4.78, 5) is 14.7. The molecule has 0 saturated carbocycles. The number of benzene rings is 1. The van der Waals surface area contributed by atoms with Crippen molar-refractivity contribution in [3.05, 3.63) is 30.6 Å². The second-order valence-corrected chi connectivity index (χ2v) is 7.58. The zero-order chi connectivity index (χ0) is 20.0. The zero-order valence-corrected chi connectivity index (χ0v) is 16.7. The SMILES string of the molecule is CC(Oc1ccc(-n2cnnn2)cc1)C(=O)NCC1(CN(C)C)CCOCC1. The minimum absolute atomic E-state index is 0.0462. The van der Waals surface area contributed by atoms with Crippen molar-refractivity contribution in [1.29, 1.82) is 0 Å². The third-order valence-electron chi connectivity index (χ3n) is 4.98. The fraction of sp³-hybridized carbons (Fsp3) is 0.579. The van der Waals surface area contributed by atoms with Gasteiger partial charge < -0.3 is 19.7 Å². The highest BCUT2D eigenvalue weighted by Gasteiger charge is 2.34. The number of hydrogen-bond donors (Lipinski definition) is 1. The lowest BCUT2D eigenvalue weighted by atomic mass is 9.79. The fourth-order valence-corrected chi connectivity index (χ4v) is 3.50. The number of rotatable bonds is 8. The standard InChI is InChI=1S/C19H28N6O3/c1-15(28-17-6-4-16(5-7-17)25-14-21-22-23-25)18(26)20-12-19(13-24(2)3)8-10-27-11-9-19/h4-7,14-15H,8-13H2,1-3H3,(H,20,26). The smallest absolute Gasteiger partial charge is 0.260 e. The molecule has 1 atom stereocenters. The molecule has 9 heteroatoms. The number of carbonyl (C=O) groups excluding carboxylic acids is 1. The Labute approximate surface area is 165 Å². The van der Waals surface area contributed by atoms with Crippen molar-refractivity contribution < 1.29 is 14.3 Å². The van der Waals surface area contributed by atoms with E-state index in [9.17, 15) is 4.79 Å². The summed E-state index contributed by atoms with van der Waals surface area (Å²) in [5.74, 6) is 0.503. The average Bonchev–Trinajstić information content (AvgIpc) is 3.22. The van der Waals surface area contributed by atoms with Crippen LogP contribution in [0.2, 0.25) is 0 Å². The van der Waals surface area contributed by atoms with Crippen LogP contribution in [-0.4, -0.2) is 77.5 Å². The average molecular weight is 388 g/mol. The molecule has 1 aromatic heterocycles. The quantitative estimate of drug-likeness (QED) is 0.718. The number of carbonyl (C=O) groups is 1. The molecule has 0 spiro atoms. The Hall–Kier alpha value is -2.52. The molecule has 1 fully saturated rings. The monoisotopic (exact) mass is 388 g/mol. The summed E-state index contributed by atoms with van der Waals surface area (Å²) in [5.41, 5.74) is 0.865. The first-order chi connectivity index (χ1) is 13.5. The van der Waals surface area contributed by atoms with E-state index in [2.05, 4.69) is 39.8 Å². The Bertz CT molecular complexity index is 742. The van der Waals surface area contributed by atoms with Crippen LogP contribution < -0.4 is 10.1 Å². The van der Waals surface area contributed by atoms with E-state index < -0.39 is 6.10 Å². The highest BCUT2D eigenvalue weighted by molar-refractivity contribution is 5.80. The normalized spacial score (nSPS) is 17.3. The first-order valence-corrected chi connectivity index (χ1v) is 9.48. The number of tetrazole rings is 1. The van der Waals surface area contributed by atoms with Gasteiger partial charge in [0, 0.05) is 31.7 Å². The van der Waals surface area contributed by atoms with Crippen LogP contribution in [0.4, 0.5) is 0 Å². The molecule has 2 heterocycles. The van der Waals surface area contributed by atoms with Crippen LogP contribution in [0.5, 0.6) is 5.75 Å². The van der Waals surface area contributed by atoms with Crippen LogP contribution in [0, 0.1) is 5.41 Å². The summed E-state index contributed by atoms with van der Waals surface area (Å²) >= 11 is 0. The summed E-state index contributed by atoms with van der Waals surface area (Å²) in [7, 11) is 4.12. The predicted molar refractivity (Wildman–Crippen MR) is 103 cm³/mol. The van der Waals surface area contributed by atoms with Crippen molar-refractivity contribution in [2.24, 2.45) is 5.41 Å². The lowest BCUT2D eigenvalue weighted by Crippen LogP contribution is -2.49. The third-order valence-corrected chi connectivity index (χ3v) is 4.98. The van der Waals surface area contributed by atoms with Gasteiger partial charge in [-0.25, -0.2) is 4.68 Å². The second-order valence-electron chi connectivity index (χ2n) is 7.58. The summed E-state index contributed by atoms with van der Waals surface area (Å²) in [6.45, 7) is 4.78. The molecule has 2 aromatic rings. The lowest BCUT2D eigenvalue weighted by Gasteiger charge is -2.39. The Morgan fingerprint density at radius 3 is 2.64 bits per heavy atom. The molecule has 1 unspecified atom stereocenters. The molecule has 28 heavy (non-hydrogen) atoms. The Balaban J connectivity index is 1.53. The van der Waals surface area contributed by atoms with E-state index in [1.54, 1.807) is 23.7 Å². The largest absolute Gasteiger partial charge is 0.481 e. The number of aromatic nitrogens is 4. The van der Waals surface area contributed by atoms with E-state index in [1.165, 1.54) is 6.33 Å². The maximum absolute atomic E-state index is 12.6. The van der Waals surface area contributed by atoms with Gasteiger partial charge in [-0.2, -0.15) is 0 Å². The number of hydrogen-bond acceptors (Lipinski definition) is 7. The minimum atomic E-state index is -0.588.